The molecule has 0 atom stereocenters. The summed E-state index contributed by atoms with van der Waals surface area (Å²) in [4.78, 5) is -0.0272. The lowest BCUT2D eigenvalue weighted by molar-refractivity contribution is 0.295. The molecule has 0 aliphatic carbocycles. The lowest BCUT2D eigenvalue weighted by atomic mass is 10.2. The Morgan fingerprint density at radius 2 is 1.46 bits per heavy atom. The summed E-state index contributed by atoms with van der Waals surface area (Å²) in [5.41, 5.74) is 1.25. The van der Waals surface area contributed by atoms with Gasteiger partial charge in [-0.15, -0.1) is 0 Å². The highest BCUT2D eigenvalue weighted by Gasteiger charge is 2.16. The van der Waals surface area contributed by atoms with E-state index in [-0.39, 0.29) is 23.9 Å². The molecule has 0 saturated carbocycles. The standard InChI is InChI=1S/C17H20O7S2/c1-22-15-7-4-13(5-8-15)11-23-16-9-6-14(12-24-26(3,20)21)10-17(16)25(2,18)19/h4-10H,11-12H2,1-3H3. The molecule has 0 amide bonds. The van der Waals surface area contributed by atoms with Gasteiger partial charge in [0.05, 0.1) is 20.0 Å². The van der Waals surface area contributed by atoms with Crippen LogP contribution in [0.1, 0.15) is 11.1 Å². The fourth-order valence-corrected chi connectivity index (χ4v) is 3.32. The van der Waals surface area contributed by atoms with Crippen molar-refractivity contribution < 1.29 is 30.5 Å². The lowest BCUT2D eigenvalue weighted by Gasteiger charge is -2.12. The van der Waals surface area contributed by atoms with E-state index in [0.29, 0.717) is 11.3 Å². The van der Waals surface area contributed by atoms with E-state index in [2.05, 4.69) is 0 Å². The predicted molar refractivity (Wildman–Crippen MR) is 96.5 cm³/mol. The van der Waals surface area contributed by atoms with Crippen LogP contribution in [0.15, 0.2) is 47.4 Å². The third-order valence-corrected chi connectivity index (χ3v) is 5.06. The first kappa shape index (κ1) is 20.2. The van der Waals surface area contributed by atoms with Gasteiger partial charge in [0.2, 0.25) is 0 Å². The van der Waals surface area contributed by atoms with Gasteiger partial charge in [-0.3, -0.25) is 4.18 Å². The summed E-state index contributed by atoms with van der Waals surface area (Å²) in [6, 6.07) is 11.6. The van der Waals surface area contributed by atoms with Crippen molar-refractivity contribution in [1.82, 2.24) is 0 Å². The Morgan fingerprint density at radius 1 is 0.846 bits per heavy atom. The van der Waals surface area contributed by atoms with Crippen LogP contribution in [0.5, 0.6) is 11.5 Å². The number of ether oxygens (including phenoxy) is 2. The summed E-state index contributed by atoms with van der Waals surface area (Å²) >= 11 is 0. The number of rotatable bonds is 8. The van der Waals surface area contributed by atoms with E-state index in [4.69, 9.17) is 13.7 Å². The Hall–Kier alpha value is -2.10. The highest BCUT2D eigenvalue weighted by Crippen LogP contribution is 2.27. The number of hydrogen-bond donors (Lipinski definition) is 0. The van der Waals surface area contributed by atoms with Gasteiger partial charge in [0.1, 0.15) is 23.0 Å². The Bertz CT molecular complexity index is 963. The van der Waals surface area contributed by atoms with Crippen molar-refractivity contribution in [3.8, 4) is 11.5 Å². The van der Waals surface area contributed by atoms with Crippen LogP contribution in [0.4, 0.5) is 0 Å². The zero-order valence-electron chi connectivity index (χ0n) is 14.6. The molecule has 26 heavy (non-hydrogen) atoms. The average Bonchev–Trinajstić information content (AvgIpc) is 2.57. The molecule has 0 radical (unpaired) electrons. The molecule has 0 aliphatic rings. The van der Waals surface area contributed by atoms with Crippen molar-refractivity contribution in [2.24, 2.45) is 0 Å². The Kier molecular flexibility index (Phi) is 6.27. The normalized spacial score (nSPS) is 12.0. The number of hydrogen-bond acceptors (Lipinski definition) is 7. The molecule has 0 fully saturated rings. The molecule has 2 rings (SSSR count). The maximum atomic E-state index is 12.0. The van der Waals surface area contributed by atoms with Crippen molar-refractivity contribution in [3.63, 3.8) is 0 Å². The predicted octanol–water partition coefficient (Wildman–Crippen LogP) is 2.15. The van der Waals surface area contributed by atoms with Crippen molar-refractivity contribution in [1.29, 1.82) is 0 Å². The van der Waals surface area contributed by atoms with E-state index in [1.807, 2.05) is 12.1 Å². The van der Waals surface area contributed by atoms with E-state index in [9.17, 15) is 16.8 Å². The van der Waals surface area contributed by atoms with Crippen LogP contribution in [0.2, 0.25) is 0 Å². The maximum absolute atomic E-state index is 12.0. The summed E-state index contributed by atoms with van der Waals surface area (Å²) in [6.07, 6.45) is 1.99. The zero-order valence-corrected chi connectivity index (χ0v) is 16.3. The second-order valence-corrected chi connectivity index (χ2v) is 9.28. The van der Waals surface area contributed by atoms with E-state index >= 15 is 0 Å². The molecule has 0 bridgehead atoms. The van der Waals surface area contributed by atoms with Crippen LogP contribution in [-0.4, -0.2) is 36.5 Å². The van der Waals surface area contributed by atoms with Gasteiger partial charge in [0, 0.05) is 6.26 Å². The van der Waals surface area contributed by atoms with Gasteiger partial charge >= 0.3 is 0 Å². The molecule has 0 aliphatic heterocycles. The summed E-state index contributed by atoms with van der Waals surface area (Å²) in [6.45, 7) is -0.0776. The zero-order chi connectivity index (χ0) is 19.4. The molecule has 0 aromatic heterocycles. The molecule has 142 valence electrons. The van der Waals surface area contributed by atoms with Crippen LogP contribution >= 0.6 is 0 Å². The quantitative estimate of drug-likeness (QED) is 0.627. The Balaban J connectivity index is 2.21. The third-order valence-electron chi connectivity index (χ3n) is 3.40. The second-order valence-electron chi connectivity index (χ2n) is 5.66. The monoisotopic (exact) mass is 400 g/mol. The lowest BCUT2D eigenvalue weighted by Crippen LogP contribution is -2.06. The molecule has 2 aromatic carbocycles. The summed E-state index contributed by atoms with van der Waals surface area (Å²) in [5.74, 6) is 0.896. The molecule has 0 saturated heterocycles. The summed E-state index contributed by atoms with van der Waals surface area (Å²) < 4.78 is 61.7. The Labute approximate surface area is 153 Å². The molecule has 0 N–H and O–H groups in total. The molecule has 2 aromatic rings. The third kappa shape index (κ3) is 6.01. The number of benzene rings is 2. The van der Waals surface area contributed by atoms with Crippen molar-refractivity contribution in [2.75, 3.05) is 19.6 Å². The smallest absolute Gasteiger partial charge is 0.264 e. The molecule has 9 heteroatoms. The highest BCUT2D eigenvalue weighted by molar-refractivity contribution is 7.90. The number of sulfone groups is 1. The average molecular weight is 400 g/mol. The minimum Gasteiger partial charge on any atom is -0.497 e. The first-order valence-electron chi connectivity index (χ1n) is 7.51. The molecular weight excluding hydrogens is 380 g/mol. The minimum absolute atomic E-state index is 0.0272. The molecule has 0 unspecified atom stereocenters. The SMILES string of the molecule is COc1ccc(COc2ccc(COS(C)(=O)=O)cc2S(C)(=O)=O)cc1. The van der Waals surface area contributed by atoms with Crippen molar-refractivity contribution >= 4 is 20.0 Å². The maximum Gasteiger partial charge on any atom is 0.264 e. The van der Waals surface area contributed by atoms with Crippen LogP contribution in [-0.2, 0) is 37.4 Å². The topological polar surface area (TPSA) is 96.0 Å². The van der Waals surface area contributed by atoms with Crippen molar-refractivity contribution in [3.05, 3.63) is 53.6 Å². The first-order chi connectivity index (χ1) is 12.1. The van der Waals surface area contributed by atoms with Crippen molar-refractivity contribution in [2.45, 2.75) is 18.1 Å². The Morgan fingerprint density at radius 3 is 2.00 bits per heavy atom. The molecule has 0 spiro atoms. The van der Waals surface area contributed by atoms with Gasteiger partial charge < -0.3 is 9.47 Å². The molecule has 0 heterocycles. The van der Waals surface area contributed by atoms with Gasteiger partial charge in [-0.25, -0.2) is 8.42 Å². The molecular formula is C17H20O7S2. The fraction of sp³-hybridized carbons (Fsp3) is 0.294. The largest absolute Gasteiger partial charge is 0.497 e. The van der Waals surface area contributed by atoms with Gasteiger partial charge in [-0.2, -0.15) is 8.42 Å². The minimum atomic E-state index is -3.62. The van der Waals surface area contributed by atoms with E-state index in [1.54, 1.807) is 25.3 Å². The second kappa shape index (κ2) is 8.07. The first-order valence-corrected chi connectivity index (χ1v) is 11.2. The van der Waals surface area contributed by atoms with E-state index in [1.165, 1.54) is 12.1 Å². The van der Waals surface area contributed by atoms with Gasteiger partial charge in [0.25, 0.3) is 10.1 Å². The van der Waals surface area contributed by atoms with E-state index < -0.39 is 20.0 Å². The fourth-order valence-electron chi connectivity index (χ4n) is 2.11. The summed E-state index contributed by atoms with van der Waals surface area (Å²) in [7, 11) is -5.63. The van der Waals surface area contributed by atoms with Gasteiger partial charge in [0.15, 0.2) is 9.84 Å². The van der Waals surface area contributed by atoms with Crippen LogP contribution in [0.3, 0.4) is 0 Å². The van der Waals surface area contributed by atoms with Crippen LogP contribution in [0, 0.1) is 0 Å². The number of methoxy groups -OCH3 is 1. The van der Waals surface area contributed by atoms with Crippen LogP contribution in [0.25, 0.3) is 0 Å². The molecule has 7 nitrogen and oxygen atoms in total. The van der Waals surface area contributed by atoms with Crippen LogP contribution < -0.4 is 9.47 Å². The van der Waals surface area contributed by atoms with Gasteiger partial charge in [-0.05, 0) is 35.4 Å². The highest BCUT2D eigenvalue weighted by atomic mass is 32.2. The van der Waals surface area contributed by atoms with Gasteiger partial charge in [-0.1, -0.05) is 18.2 Å². The summed E-state index contributed by atoms with van der Waals surface area (Å²) in [5, 5.41) is 0. The van der Waals surface area contributed by atoms with E-state index in [0.717, 1.165) is 18.1 Å².